The van der Waals surface area contributed by atoms with Crippen LogP contribution in [0.2, 0.25) is 5.02 Å². The Morgan fingerprint density at radius 2 is 2.11 bits per heavy atom. The van der Waals surface area contributed by atoms with Gasteiger partial charge in [-0.15, -0.1) is 11.3 Å². The number of allylic oxidation sites excluding steroid dienone is 1. The van der Waals surface area contributed by atoms with E-state index in [2.05, 4.69) is 29.0 Å². The molecule has 0 radical (unpaired) electrons. The standard InChI is InChI=1S/C29H26ClF2N5S/c1-4-21-14(3)37-13-16(15-8-9-36(5-2)12-15)10-18-24(30)23(25(32)26(35-21)27(18)37)17-6-7-20(31)28-22(17)19(11-33)29(34)38-28/h5-7,15-16H,2-4,8-10,12-13,34H2,1H3. The molecule has 38 heavy (non-hydrogen) atoms. The zero-order chi connectivity index (χ0) is 26.9. The Labute approximate surface area is 229 Å². The molecule has 6 rings (SSSR count). The zero-order valence-electron chi connectivity index (χ0n) is 21.0. The molecule has 194 valence electrons. The summed E-state index contributed by atoms with van der Waals surface area (Å²) in [5.74, 6) is -0.412. The summed E-state index contributed by atoms with van der Waals surface area (Å²) in [5.41, 5.74) is 9.86. The molecule has 2 atom stereocenters. The van der Waals surface area contributed by atoms with Gasteiger partial charge in [0.15, 0.2) is 5.82 Å². The van der Waals surface area contributed by atoms with E-state index < -0.39 is 11.6 Å². The van der Waals surface area contributed by atoms with Crippen LogP contribution in [-0.2, 0) is 6.42 Å². The number of nitrogens with two attached hydrogens (primary N) is 1. The second kappa shape index (κ2) is 9.11. The van der Waals surface area contributed by atoms with E-state index in [1.165, 1.54) is 12.1 Å². The maximum absolute atomic E-state index is 16.5. The number of hydrogen-bond acceptors (Lipinski definition) is 6. The smallest absolute Gasteiger partial charge is 0.160 e. The summed E-state index contributed by atoms with van der Waals surface area (Å²) in [4.78, 5) is 9.03. The topological polar surface area (TPSA) is 68.7 Å². The summed E-state index contributed by atoms with van der Waals surface area (Å²) in [5, 5.41) is 10.5. The fourth-order valence-corrected chi connectivity index (χ4v) is 7.56. The van der Waals surface area contributed by atoms with Crippen LogP contribution in [0.1, 0.15) is 30.9 Å². The van der Waals surface area contributed by atoms with Crippen molar-refractivity contribution >= 4 is 55.1 Å². The number of nitrogens with zero attached hydrogens (tertiary/aromatic N) is 4. The lowest BCUT2D eigenvalue weighted by atomic mass is 9.80. The van der Waals surface area contributed by atoms with E-state index in [0.29, 0.717) is 36.6 Å². The molecule has 1 aromatic heterocycles. The number of anilines is 2. The van der Waals surface area contributed by atoms with Crippen molar-refractivity contribution in [1.82, 2.24) is 4.90 Å². The van der Waals surface area contributed by atoms with Gasteiger partial charge in [0, 0.05) is 30.6 Å². The van der Waals surface area contributed by atoms with Crippen LogP contribution >= 0.6 is 22.9 Å². The predicted molar refractivity (Wildman–Crippen MR) is 152 cm³/mol. The molecule has 2 aromatic carbocycles. The summed E-state index contributed by atoms with van der Waals surface area (Å²) < 4.78 is 31.5. The SMILES string of the molecule is C=CN1CCC(C2Cc3c(Cl)c(-c4ccc(F)c5sc(N)c(C#N)c45)c(F)c4c3N(C2)C(=C)C(CC)=N4)C1. The van der Waals surface area contributed by atoms with Gasteiger partial charge in [0.25, 0.3) is 0 Å². The third-order valence-corrected chi connectivity index (χ3v) is 9.64. The van der Waals surface area contributed by atoms with Gasteiger partial charge in [0.2, 0.25) is 0 Å². The van der Waals surface area contributed by atoms with Gasteiger partial charge in [-0.25, -0.2) is 13.8 Å². The van der Waals surface area contributed by atoms with E-state index in [4.69, 9.17) is 22.3 Å². The number of nitriles is 1. The summed E-state index contributed by atoms with van der Waals surface area (Å²) in [6.45, 7) is 12.8. The summed E-state index contributed by atoms with van der Waals surface area (Å²) in [6, 6.07) is 4.83. The fourth-order valence-electron chi connectivity index (χ4n) is 6.26. The van der Waals surface area contributed by atoms with Crippen LogP contribution < -0.4 is 10.6 Å². The lowest BCUT2D eigenvalue weighted by Gasteiger charge is -2.43. The highest BCUT2D eigenvalue weighted by atomic mass is 35.5. The molecule has 3 aliphatic heterocycles. The molecule has 5 nitrogen and oxygen atoms in total. The molecule has 0 amide bonds. The van der Waals surface area contributed by atoms with Crippen molar-refractivity contribution in [2.75, 3.05) is 30.3 Å². The Hall–Kier alpha value is -3.41. The molecule has 2 unspecified atom stereocenters. The molecule has 0 aliphatic carbocycles. The van der Waals surface area contributed by atoms with E-state index >= 15 is 4.39 Å². The molecule has 9 heteroatoms. The van der Waals surface area contributed by atoms with Crippen LogP contribution in [0.3, 0.4) is 0 Å². The fraction of sp³-hybridized carbons (Fsp3) is 0.310. The van der Waals surface area contributed by atoms with Crippen LogP contribution in [0, 0.1) is 34.8 Å². The second-order valence-electron chi connectivity index (χ2n) is 10.1. The first kappa shape index (κ1) is 24.9. The zero-order valence-corrected chi connectivity index (χ0v) is 22.5. The van der Waals surface area contributed by atoms with Crippen LogP contribution in [0.25, 0.3) is 21.2 Å². The number of aliphatic imine (C=N–C) groups is 1. The van der Waals surface area contributed by atoms with Crippen LogP contribution in [0.15, 0.2) is 42.2 Å². The van der Waals surface area contributed by atoms with Crippen molar-refractivity contribution in [3.05, 3.63) is 65.0 Å². The van der Waals surface area contributed by atoms with Crippen LogP contribution in [0.5, 0.6) is 0 Å². The molecule has 0 spiro atoms. The van der Waals surface area contributed by atoms with Crippen molar-refractivity contribution in [2.24, 2.45) is 16.8 Å². The summed E-state index contributed by atoms with van der Waals surface area (Å²) >= 11 is 8.08. The number of nitrogen functional groups attached to an aromatic ring is 1. The minimum absolute atomic E-state index is 0.127. The first-order chi connectivity index (χ1) is 18.3. The largest absolute Gasteiger partial charge is 0.389 e. The van der Waals surface area contributed by atoms with Gasteiger partial charge in [0.05, 0.1) is 32.4 Å². The van der Waals surface area contributed by atoms with E-state index in [1.54, 1.807) is 0 Å². The van der Waals surface area contributed by atoms with Crippen LogP contribution in [0.4, 0.5) is 25.2 Å². The van der Waals surface area contributed by atoms with Gasteiger partial charge >= 0.3 is 0 Å². The first-order valence-corrected chi connectivity index (χ1v) is 13.8. The number of halogens is 3. The van der Waals surface area contributed by atoms with Gasteiger partial charge in [0.1, 0.15) is 22.6 Å². The van der Waals surface area contributed by atoms with Crippen molar-refractivity contribution in [2.45, 2.75) is 26.2 Å². The average Bonchev–Trinajstić information content (AvgIpc) is 3.53. The minimum atomic E-state index is -0.587. The number of hydrogen-bond donors (Lipinski definition) is 1. The van der Waals surface area contributed by atoms with Crippen LogP contribution in [-0.4, -0.2) is 30.2 Å². The maximum atomic E-state index is 16.5. The van der Waals surface area contributed by atoms with E-state index in [0.717, 1.165) is 47.8 Å². The molecule has 1 fully saturated rings. The van der Waals surface area contributed by atoms with E-state index in [9.17, 15) is 9.65 Å². The van der Waals surface area contributed by atoms with Crippen molar-refractivity contribution < 1.29 is 8.78 Å². The summed E-state index contributed by atoms with van der Waals surface area (Å²) in [7, 11) is 0. The van der Waals surface area contributed by atoms with E-state index in [-0.39, 0.29) is 42.8 Å². The molecule has 4 heterocycles. The number of likely N-dealkylation sites (tertiary alicyclic amines) is 1. The molecule has 0 bridgehead atoms. The highest BCUT2D eigenvalue weighted by Gasteiger charge is 2.41. The minimum Gasteiger partial charge on any atom is -0.389 e. The number of fused-ring (bicyclic) bond motifs is 1. The molecule has 2 N–H and O–H groups in total. The van der Waals surface area contributed by atoms with Gasteiger partial charge in [-0.05, 0) is 54.5 Å². The number of thiophene rings is 1. The Morgan fingerprint density at radius 1 is 1.32 bits per heavy atom. The van der Waals surface area contributed by atoms with Gasteiger partial charge in [-0.3, -0.25) is 0 Å². The summed E-state index contributed by atoms with van der Waals surface area (Å²) in [6.07, 6.45) is 4.18. The first-order valence-electron chi connectivity index (χ1n) is 12.6. The lowest BCUT2D eigenvalue weighted by molar-refractivity contribution is 0.326. The molecule has 3 aromatic rings. The molecule has 0 saturated carbocycles. The molecular formula is C29H26ClF2N5S. The van der Waals surface area contributed by atoms with Gasteiger partial charge < -0.3 is 15.5 Å². The van der Waals surface area contributed by atoms with Crippen molar-refractivity contribution in [3.8, 4) is 17.2 Å². The third kappa shape index (κ3) is 3.49. The highest BCUT2D eigenvalue weighted by molar-refractivity contribution is 7.23. The highest BCUT2D eigenvalue weighted by Crippen LogP contribution is 2.54. The Kier molecular flexibility index (Phi) is 5.97. The van der Waals surface area contributed by atoms with Crippen molar-refractivity contribution in [1.29, 1.82) is 5.26 Å². The third-order valence-electron chi connectivity index (χ3n) is 8.20. The van der Waals surface area contributed by atoms with E-state index in [1.807, 2.05) is 13.1 Å². The maximum Gasteiger partial charge on any atom is 0.160 e. The lowest BCUT2D eigenvalue weighted by Crippen LogP contribution is -2.42. The normalized spacial score (nSPS) is 20.5. The molecular weight excluding hydrogens is 524 g/mol. The molecule has 1 saturated heterocycles. The predicted octanol–water partition coefficient (Wildman–Crippen LogP) is 7.41. The van der Waals surface area contributed by atoms with Crippen molar-refractivity contribution in [3.63, 3.8) is 0 Å². The Bertz CT molecular complexity index is 1620. The monoisotopic (exact) mass is 549 g/mol. The second-order valence-corrected chi connectivity index (χ2v) is 11.5. The number of benzene rings is 2. The Morgan fingerprint density at radius 3 is 2.79 bits per heavy atom. The van der Waals surface area contributed by atoms with Gasteiger partial charge in [-0.2, -0.15) is 5.26 Å². The Balaban J connectivity index is 1.62. The number of rotatable bonds is 4. The van der Waals surface area contributed by atoms with Gasteiger partial charge in [-0.1, -0.05) is 37.7 Å². The average molecular weight is 550 g/mol. The molecule has 3 aliphatic rings. The quantitative estimate of drug-likeness (QED) is 0.368.